The van der Waals surface area contributed by atoms with Crippen molar-refractivity contribution in [3.63, 3.8) is 0 Å². The molecule has 3 aromatic rings. The largest absolute Gasteiger partial charge is 0.573 e. The zero-order valence-electron chi connectivity index (χ0n) is 19.9. The monoisotopic (exact) mass is 521 g/mol. The zero-order chi connectivity index (χ0) is 26.1. The van der Waals surface area contributed by atoms with Crippen molar-refractivity contribution in [2.45, 2.75) is 19.8 Å². The maximum Gasteiger partial charge on any atom is 0.573 e. The van der Waals surface area contributed by atoms with E-state index in [0.29, 0.717) is 41.8 Å². The number of hydrogen-bond donors (Lipinski definition) is 2. The topological polar surface area (TPSA) is 81.7 Å². The van der Waals surface area contributed by atoms with E-state index in [1.165, 1.54) is 23.9 Å². The van der Waals surface area contributed by atoms with Gasteiger partial charge in [0.25, 0.3) is 5.91 Å². The van der Waals surface area contributed by atoms with Crippen molar-refractivity contribution >= 4 is 34.3 Å². The number of fused-ring (bicyclic) bond motifs is 1. The number of methoxy groups -OCH3 is 1. The van der Waals surface area contributed by atoms with Crippen LogP contribution in [-0.4, -0.2) is 43.8 Å². The normalized spacial score (nSPS) is 12.2. The summed E-state index contributed by atoms with van der Waals surface area (Å²) in [4.78, 5) is 17.7. The zero-order valence-corrected chi connectivity index (χ0v) is 20.8. The van der Waals surface area contributed by atoms with Gasteiger partial charge in [-0.3, -0.25) is 9.78 Å². The highest BCUT2D eigenvalue weighted by atomic mass is 32.2. The molecule has 2 aromatic carbocycles. The summed E-state index contributed by atoms with van der Waals surface area (Å²) in [5.74, 6) is -0.0424. The fourth-order valence-corrected chi connectivity index (χ4v) is 3.94. The number of benzene rings is 2. The summed E-state index contributed by atoms with van der Waals surface area (Å²) in [6.45, 7) is 3.18. The van der Waals surface area contributed by atoms with E-state index in [2.05, 4.69) is 20.4 Å². The number of carbonyl (C=O) groups is 1. The highest BCUT2D eigenvalue weighted by Gasteiger charge is 2.31. The van der Waals surface area contributed by atoms with Crippen molar-refractivity contribution in [3.8, 4) is 11.5 Å². The first-order valence-corrected chi connectivity index (χ1v) is 12.1. The molecule has 0 aliphatic rings. The Kier molecular flexibility index (Phi) is 9.43. The van der Waals surface area contributed by atoms with E-state index in [0.717, 1.165) is 28.6 Å². The fourth-order valence-electron chi connectivity index (χ4n) is 3.33. The molecule has 1 aromatic heterocycles. The molecule has 0 unspecified atom stereocenters. The third-order valence-electron chi connectivity index (χ3n) is 5.00. The van der Waals surface area contributed by atoms with Crippen LogP contribution in [0.5, 0.6) is 11.5 Å². The molecule has 0 spiro atoms. The molecule has 0 saturated carbocycles. The Morgan fingerprint density at radius 2 is 1.78 bits per heavy atom. The Hall–Kier alpha value is -3.44. The molecule has 11 heteroatoms. The van der Waals surface area contributed by atoms with Gasteiger partial charge in [-0.1, -0.05) is 0 Å². The first kappa shape index (κ1) is 27.2. The lowest BCUT2D eigenvalue weighted by atomic mass is 10.1. The Morgan fingerprint density at radius 1 is 1.06 bits per heavy atom. The Bertz CT molecular complexity index is 1220. The van der Waals surface area contributed by atoms with Crippen molar-refractivity contribution in [3.05, 3.63) is 70.9 Å². The van der Waals surface area contributed by atoms with E-state index in [4.69, 9.17) is 9.47 Å². The number of halogens is 3. The number of amides is 1. The second-order valence-corrected chi connectivity index (χ2v) is 8.34. The molecular formula is C25H26F3N3O4S. The van der Waals surface area contributed by atoms with E-state index in [1.807, 2.05) is 24.3 Å². The van der Waals surface area contributed by atoms with Gasteiger partial charge in [-0.15, -0.1) is 24.9 Å². The molecule has 2 N–H and O–H groups in total. The number of rotatable bonds is 11. The molecule has 0 aliphatic heterocycles. The number of anilines is 1. The Morgan fingerprint density at radius 3 is 2.44 bits per heavy atom. The lowest BCUT2D eigenvalue weighted by molar-refractivity contribution is -0.274. The van der Waals surface area contributed by atoms with E-state index in [1.54, 1.807) is 26.5 Å². The number of alkyl halides is 3. The number of aromatic nitrogens is 1. The smallest absolute Gasteiger partial charge is 0.491 e. The second kappa shape index (κ2) is 12.5. The summed E-state index contributed by atoms with van der Waals surface area (Å²) >= 11 is 1.26. The SMILES string of the molecule is COCCOc1ccc2c(CN/C(C)=C(/SC)C(=O)Nc3ccc(OC(F)(F)F)cc3)ccnc2c1. The summed E-state index contributed by atoms with van der Waals surface area (Å²) < 4.78 is 51.5. The number of hydrogen-bond acceptors (Lipinski definition) is 7. The standard InChI is InChI=1S/C25H26F3N3O4S/c1-16(23(36-3)24(32)31-18-4-6-19(7-5-18)35-25(26,27)28)30-15-17-10-11-29-22-14-20(8-9-21(17)22)34-13-12-33-2/h4-11,14,30H,12-13,15H2,1-3H3,(H,31,32)/b23-16+. The third kappa shape index (κ3) is 7.79. The molecule has 0 saturated heterocycles. The highest BCUT2D eigenvalue weighted by molar-refractivity contribution is 8.03. The van der Waals surface area contributed by atoms with E-state index >= 15 is 0 Å². The number of thioether (sulfide) groups is 1. The van der Waals surface area contributed by atoms with Gasteiger partial charge in [0.05, 0.1) is 17.0 Å². The van der Waals surface area contributed by atoms with Crippen LogP contribution in [0.1, 0.15) is 12.5 Å². The summed E-state index contributed by atoms with van der Waals surface area (Å²) in [7, 11) is 1.61. The molecule has 3 rings (SSSR count). The van der Waals surface area contributed by atoms with Gasteiger partial charge in [-0.05, 0) is 61.2 Å². The van der Waals surface area contributed by atoms with E-state index in [9.17, 15) is 18.0 Å². The summed E-state index contributed by atoms with van der Waals surface area (Å²) in [6, 6.07) is 12.5. The van der Waals surface area contributed by atoms with Crippen LogP contribution < -0.4 is 20.1 Å². The Labute approximate surface area is 211 Å². The molecular weight excluding hydrogens is 495 g/mol. The minimum Gasteiger partial charge on any atom is -0.491 e. The van der Waals surface area contributed by atoms with Crippen molar-refractivity contribution < 1.29 is 32.2 Å². The van der Waals surface area contributed by atoms with Crippen LogP contribution in [0, 0.1) is 0 Å². The molecule has 0 bridgehead atoms. The van der Waals surface area contributed by atoms with Crippen LogP contribution in [-0.2, 0) is 16.1 Å². The van der Waals surface area contributed by atoms with Crippen LogP contribution in [0.25, 0.3) is 10.9 Å². The van der Waals surface area contributed by atoms with Crippen molar-refractivity contribution in [2.75, 3.05) is 31.9 Å². The van der Waals surface area contributed by atoms with E-state index < -0.39 is 6.36 Å². The van der Waals surface area contributed by atoms with Gasteiger partial charge in [0, 0.05) is 42.7 Å². The van der Waals surface area contributed by atoms with Gasteiger partial charge in [0.1, 0.15) is 18.1 Å². The molecule has 0 atom stereocenters. The number of nitrogens with one attached hydrogen (secondary N) is 2. The predicted octanol–water partition coefficient (Wildman–Crippen LogP) is 5.48. The van der Waals surface area contributed by atoms with E-state index in [-0.39, 0.29) is 11.7 Å². The molecule has 192 valence electrons. The van der Waals surface area contributed by atoms with Crippen LogP contribution >= 0.6 is 11.8 Å². The molecule has 7 nitrogen and oxygen atoms in total. The molecule has 1 amide bonds. The van der Waals surface area contributed by atoms with Crippen LogP contribution in [0.15, 0.2) is 65.3 Å². The average Bonchev–Trinajstić information content (AvgIpc) is 2.83. The van der Waals surface area contributed by atoms with Gasteiger partial charge >= 0.3 is 6.36 Å². The van der Waals surface area contributed by atoms with Crippen molar-refractivity contribution in [1.29, 1.82) is 0 Å². The van der Waals surface area contributed by atoms with Gasteiger partial charge in [-0.25, -0.2) is 0 Å². The highest BCUT2D eigenvalue weighted by Crippen LogP contribution is 2.26. The predicted molar refractivity (Wildman–Crippen MR) is 134 cm³/mol. The van der Waals surface area contributed by atoms with Gasteiger partial charge in [-0.2, -0.15) is 0 Å². The minimum absolute atomic E-state index is 0.345. The summed E-state index contributed by atoms with van der Waals surface area (Å²) in [6.07, 6.45) is -1.29. The fraction of sp³-hybridized carbons (Fsp3) is 0.280. The van der Waals surface area contributed by atoms with Crippen LogP contribution in [0.3, 0.4) is 0 Å². The lowest BCUT2D eigenvalue weighted by Crippen LogP contribution is -2.20. The summed E-state index contributed by atoms with van der Waals surface area (Å²) in [5.41, 5.74) is 2.77. The Balaban J connectivity index is 1.67. The number of allylic oxidation sites excluding steroid dienone is 1. The van der Waals surface area contributed by atoms with Crippen molar-refractivity contribution in [2.24, 2.45) is 0 Å². The number of ether oxygens (including phenoxy) is 3. The average molecular weight is 522 g/mol. The minimum atomic E-state index is -4.78. The number of carbonyl (C=O) groups excluding carboxylic acids is 1. The van der Waals surface area contributed by atoms with Crippen molar-refractivity contribution in [1.82, 2.24) is 10.3 Å². The molecule has 0 fully saturated rings. The van der Waals surface area contributed by atoms with Crippen LogP contribution in [0.4, 0.5) is 18.9 Å². The van der Waals surface area contributed by atoms with Crippen LogP contribution in [0.2, 0.25) is 0 Å². The first-order chi connectivity index (χ1) is 17.2. The maximum absolute atomic E-state index is 12.8. The molecule has 0 radical (unpaired) electrons. The molecule has 0 aliphatic carbocycles. The number of pyridine rings is 1. The third-order valence-corrected chi connectivity index (χ3v) is 5.90. The quantitative estimate of drug-likeness (QED) is 0.255. The lowest BCUT2D eigenvalue weighted by Gasteiger charge is -2.14. The summed E-state index contributed by atoms with van der Waals surface area (Å²) in [5, 5.41) is 6.92. The van der Waals surface area contributed by atoms with Gasteiger partial charge < -0.3 is 24.8 Å². The van der Waals surface area contributed by atoms with Gasteiger partial charge in [0.15, 0.2) is 0 Å². The van der Waals surface area contributed by atoms with Gasteiger partial charge in [0.2, 0.25) is 0 Å². The molecule has 1 heterocycles. The second-order valence-electron chi connectivity index (χ2n) is 7.53. The number of nitrogens with zero attached hydrogens (tertiary/aromatic N) is 1. The maximum atomic E-state index is 12.8. The molecule has 36 heavy (non-hydrogen) atoms. The first-order valence-electron chi connectivity index (χ1n) is 10.9.